The second-order valence-electron chi connectivity index (χ2n) is 8.38. The van der Waals surface area contributed by atoms with Crippen molar-refractivity contribution in [2.24, 2.45) is 0 Å². The summed E-state index contributed by atoms with van der Waals surface area (Å²) in [5.74, 6) is 1.12. The number of benzene rings is 3. The number of carbonyl (C=O) groups is 1. The molecule has 0 aliphatic carbocycles. The number of amides is 1. The summed E-state index contributed by atoms with van der Waals surface area (Å²) in [4.78, 5) is 14.4. The van der Waals surface area contributed by atoms with Crippen LogP contribution in [0.25, 0.3) is 28.0 Å². The fraction of sp³-hybridized carbons (Fsp3) is 0.148. The highest BCUT2D eigenvalue weighted by atomic mass is 35.5. The van der Waals surface area contributed by atoms with Crippen molar-refractivity contribution in [3.8, 4) is 22.8 Å². The number of rotatable bonds is 5. The van der Waals surface area contributed by atoms with Crippen molar-refractivity contribution in [1.82, 2.24) is 15.0 Å². The second kappa shape index (κ2) is 8.92. The maximum absolute atomic E-state index is 12.9. The smallest absolute Gasteiger partial charge is 0.291 e. The molecule has 0 unspecified atom stereocenters. The van der Waals surface area contributed by atoms with Crippen LogP contribution in [-0.4, -0.2) is 28.0 Å². The standard InChI is InChI=1S/C27H23ClN4O3/c1-15-5-6-18(11-16(15)2)24-9-10-26(35-24)27(33)29-21-14-23-22(12-17(21)3)30-32(31-23)19-7-8-25(34-4)20(28)13-19/h5-14H,1-4H3,(H,29,33). The van der Waals surface area contributed by atoms with E-state index < -0.39 is 0 Å². The Labute approximate surface area is 207 Å². The van der Waals surface area contributed by atoms with Gasteiger partial charge in [-0.2, -0.15) is 4.80 Å². The highest BCUT2D eigenvalue weighted by Crippen LogP contribution is 2.28. The predicted molar refractivity (Wildman–Crippen MR) is 137 cm³/mol. The normalized spacial score (nSPS) is 11.1. The summed E-state index contributed by atoms with van der Waals surface area (Å²) in [5.41, 5.74) is 6.81. The molecule has 5 rings (SSSR count). The Hall–Kier alpha value is -4.10. The molecule has 8 heteroatoms. The Morgan fingerprint density at radius 1 is 0.914 bits per heavy atom. The van der Waals surface area contributed by atoms with Gasteiger partial charge in [-0.3, -0.25) is 4.79 Å². The van der Waals surface area contributed by atoms with Gasteiger partial charge < -0.3 is 14.5 Å². The summed E-state index contributed by atoms with van der Waals surface area (Å²) >= 11 is 6.25. The molecular formula is C27H23ClN4O3. The molecule has 2 heterocycles. The zero-order valence-corrected chi connectivity index (χ0v) is 20.5. The average Bonchev–Trinajstić information content (AvgIpc) is 3.48. The van der Waals surface area contributed by atoms with Crippen LogP contribution in [0.3, 0.4) is 0 Å². The zero-order valence-electron chi connectivity index (χ0n) is 19.7. The van der Waals surface area contributed by atoms with Crippen LogP contribution in [0.1, 0.15) is 27.2 Å². The van der Waals surface area contributed by atoms with Crippen LogP contribution in [0.15, 0.2) is 65.1 Å². The van der Waals surface area contributed by atoms with E-state index in [1.165, 1.54) is 15.9 Å². The van der Waals surface area contributed by atoms with Crippen molar-refractivity contribution < 1.29 is 13.9 Å². The molecule has 1 amide bonds. The van der Waals surface area contributed by atoms with E-state index in [-0.39, 0.29) is 11.7 Å². The van der Waals surface area contributed by atoms with Gasteiger partial charge in [0.05, 0.1) is 17.8 Å². The van der Waals surface area contributed by atoms with Crippen LogP contribution < -0.4 is 10.1 Å². The van der Waals surface area contributed by atoms with Gasteiger partial charge in [-0.1, -0.05) is 23.7 Å². The predicted octanol–water partition coefficient (Wildman–Crippen LogP) is 6.52. The highest BCUT2D eigenvalue weighted by Gasteiger charge is 2.16. The van der Waals surface area contributed by atoms with Gasteiger partial charge in [-0.15, -0.1) is 10.2 Å². The Morgan fingerprint density at radius 3 is 2.40 bits per heavy atom. The molecule has 0 spiro atoms. The van der Waals surface area contributed by atoms with Gasteiger partial charge in [0.1, 0.15) is 22.5 Å². The molecule has 5 aromatic rings. The third-order valence-electron chi connectivity index (χ3n) is 5.96. The van der Waals surface area contributed by atoms with Crippen molar-refractivity contribution in [2.45, 2.75) is 20.8 Å². The molecule has 0 fully saturated rings. The van der Waals surface area contributed by atoms with E-state index in [0.29, 0.717) is 38.9 Å². The van der Waals surface area contributed by atoms with E-state index in [1.54, 1.807) is 37.4 Å². The summed E-state index contributed by atoms with van der Waals surface area (Å²) in [7, 11) is 1.56. The number of halogens is 1. The largest absolute Gasteiger partial charge is 0.495 e. The van der Waals surface area contributed by atoms with E-state index in [2.05, 4.69) is 22.4 Å². The number of hydrogen-bond acceptors (Lipinski definition) is 5. The Morgan fingerprint density at radius 2 is 1.69 bits per heavy atom. The lowest BCUT2D eigenvalue weighted by molar-refractivity contribution is 0.0997. The van der Waals surface area contributed by atoms with Gasteiger partial charge in [-0.25, -0.2) is 0 Å². The van der Waals surface area contributed by atoms with Crippen molar-refractivity contribution in [1.29, 1.82) is 0 Å². The molecule has 3 aromatic carbocycles. The number of carbonyl (C=O) groups excluding carboxylic acids is 1. The molecule has 1 N–H and O–H groups in total. The van der Waals surface area contributed by atoms with Gasteiger partial charge in [-0.05, 0) is 86.0 Å². The van der Waals surface area contributed by atoms with Crippen LogP contribution in [-0.2, 0) is 0 Å². The van der Waals surface area contributed by atoms with E-state index in [4.69, 9.17) is 20.8 Å². The van der Waals surface area contributed by atoms with Crippen molar-refractivity contribution in [3.63, 3.8) is 0 Å². The molecule has 0 radical (unpaired) electrons. The third kappa shape index (κ3) is 4.38. The van der Waals surface area contributed by atoms with Crippen LogP contribution in [0.4, 0.5) is 5.69 Å². The number of nitrogens with one attached hydrogen (secondary N) is 1. The first kappa shape index (κ1) is 22.7. The highest BCUT2D eigenvalue weighted by molar-refractivity contribution is 6.32. The lowest BCUT2D eigenvalue weighted by Crippen LogP contribution is -2.11. The summed E-state index contributed by atoms with van der Waals surface area (Å²) < 4.78 is 11.1. The van der Waals surface area contributed by atoms with E-state index >= 15 is 0 Å². The molecule has 0 aliphatic heterocycles. The van der Waals surface area contributed by atoms with E-state index in [0.717, 1.165) is 11.1 Å². The number of anilines is 1. The number of aromatic nitrogens is 3. The first-order valence-corrected chi connectivity index (χ1v) is 11.4. The first-order chi connectivity index (χ1) is 16.8. The Balaban J connectivity index is 1.40. The molecular weight excluding hydrogens is 464 g/mol. The molecule has 0 saturated heterocycles. The molecule has 0 saturated carbocycles. The molecule has 0 atom stereocenters. The fourth-order valence-electron chi connectivity index (χ4n) is 3.79. The Kier molecular flexibility index (Phi) is 5.78. The van der Waals surface area contributed by atoms with Crippen LogP contribution in [0, 0.1) is 20.8 Å². The summed E-state index contributed by atoms with van der Waals surface area (Å²) in [5, 5.41) is 12.5. The van der Waals surface area contributed by atoms with Crippen LogP contribution in [0.5, 0.6) is 5.75 Å². The topological polar surface area (TPSA) is 82.2 Å². The summed E-state index contributed by atoms with van der Waals surface area (Å²) in [6.07, 6.45) is 0. The third-order valence-corrected chi connectivity index (χ3v) is 6.26. The first-order valence-electron chi connectivity index (χ1n) is 11.0. The lowest BCUT2D eigenvalue weighted by Gasteiger charge is -2.07. The molecule has 7 nitrogen and oxygen atoms in total. The zero-order chi connectivity index (χ0) is 24.7. The monoisotopic (exact) mass is 486 g/mol. The Bertz CT molecular complexity index is 1590. The quantitative estimate of drug-likeness (QED) is 0.306. The average molecular weight is 487 g/mol. The summed E-state index contributed by atoms with van der Waals surface area (Å²) in [6, 6.07) is 18.6. The SMILES string of the molecule is COc1ccc(-n2nc3cc(C)c(NC(=O)c4ccc(-c5ccc(C)c(C)c5)o4)cc3n2)cc1Cl. The molecule has 176 valence electrons. The minimum absolute atomic E-state index is 0.231. The number of hydrogen-bond donors (Lipinski definition) is 1. The van der Waals surface area contributed by atoms with Crippen molar-refractivity contribution >= 4 is 34.2 Å². The van der Waals surface area contributed by atoms with E-state index in [1.807, 2.05) is 44.2 Å². The molecule has 0 aliphatic rings. The minimum Gasteiger partial charge on any atom is -0.495 e. The van der Waals surface area contributed by atoms with Gasteiger partial charge in [0.15, 0.2) is 5.76 Å². The molecule has 2 aromatic heterocycles. The van der Waals surface area contributed by atoms with Gasteiger partial charge in [0, 0.05) is 11.3 Å². The number of methoxy groups -OCH3 is 1. The fourth-order valence-corrected chi connectivity index (χ4v) is 4.04. The number of aryl methyl sites for hydroxylation is 3. The lowest BCUT2D eigenvalue weighted by atomic mass is 10.1. The molecule has 35 heavy (non-hydrogen) atoms. The van der Waals surface area contributed by atoms with E-state index in [9.17, 15) is 4.79 Å². The van der Waals surface area contributed by atoms with Crippen LogP contribution in [0.2, 0.25) is 5.02 Å². The van der Waals surface area contributed by atoms with Crippen molar-refractivity contribution in [2.75, 3.05) is 12.4 Å². The number of fused-ring (bicyclic) bond motifs is 1. The number of furan rings is 1. The molecule has 0 bridgehead atoms. The minimum atomic E-state index is -0.336. The maximum Gasteiger partial charge on any atom is 0.291 e. The number of nitrogens with zero attached hydrogens (tertiary/aromatic N) is 3. The maximum atomic E-state index is 12.9. The summed E-state index contributed by atoms with van der Waals surface area (Å²) in [6.45, 7) is 6.01. The second-order valence-corrected chi connectivity index (χ2v) is 8.79. The van der Waals surface area contributed by atoms with Crippen LogP contribution >= 0.6 is 11.6 Å². The van der Waals surface area contributed by atoms with Gasteiger partial charge in [0.2, 0.25) is 0 Å². The number of ether oxygens (including phenoxy) is 1. The van der Waals surface area contributed by atoms with Crippen molar-refractivity contribution in [3.05, 3.63) is 88.1 Å². The van der Waals surface area contributed by atoms with Gasteiger partial charge in [0.25, 0.3) is 5.91 Å². The van der Waals surface area contributed by atoms with Gasteiger partial charge >= 0.3 is 0 Å².